The molecular weight excluding hydrogens is 223 g/mol. The van der Waals surface area contributed by atoms with Crippen molar-refractivity contribution in [3.05, 3.63) is 29.3 Å². The molecule has 2 rings (SSSR count). The lowest BCUT2D eigenvalue weighted by atomic mass is 10.0. The van der Waals surface area contributed by atoms with Crippen LogP contribution in [0, 0.1) is 0 Å². The fourth-order valence-corrected chi connectivity index (χ4v) is 1.80. The van der Waals surface area contributed by atoms with Crippen molar-refractivity contribution >= 4 is 0 Å². The van der Waals surface area contributed by atoms with Gasteiger partial charge < -0.3 is 9.57 Å². The number of alkyl halides is 3. The monoisotopic (exact) mass is 233 g/mol. The average molecular weight is 233 g/mol. The zero-order chi connectivity index (χ0) is 11.8. The maximum atomic E-state index is 12.6. The molecule has 1 atom stereocenters. The molecule has 0 spiro atoms. The molecule has 6 heteroatoms. The maximum absolute atomic E-state index is 12.6. The Kier molecular flexibility index (Phi) is 2.77. The number of hydrogen-bond acceptors (Lipinski definition) is 3. The van der Waals surface area contributed by atoms with Crippen molar-refractivity contribution in [1.29, 1.82) is 0 Å². The van der Waals surface area contributed by atoms with Crippen LogP contribution >= 0.6 is 0 Å². The molecule has 0 fully saturated rings. The lowest BCUT2D eigenvalue weighted by molar-refractivity contribution is -0.138. The Labute approximate surface area is 89.9 Å². The highest BCUT2D eigenvalue weighted by atomic mass is 19.4. The molecule has 0 saturated carbocycles. The van der Waals surface area contributed by atoms with E-state index in [4.69, 9.17) is 10.6 Å². The van der Waals surface area contributed by atoms with E-state index in [2.05, 4.69) is 4.84 Å². The van der Waals surface area contributed by atoms with Gasteiger partial charge in [0.05, 0.1) is 5.56 Å². The second-order valence-electron chi connectivity index (χ2n) is 3.56. The van der Waals surface area contributed by atoms with Crippen LogP contribution < -0.4 is 10.6 Å². The molecule has 0 amide bonds. The molecule has 3 nitrogen and oxygen atoms in total. The van der Waals surface area contributed by atoms with E-state index in [1.807, 2.05) is 0 Å². The highest BCUT2D eigenvalue weighted by molar-refractivity contribution is 5.45. The molecule has 1 aliphatic heterocycles. The molecule has 88 valence electrons. The van der Waals surface area contributed by atoms with Gasteiger partial charge in [-0.15, -0.1) is 0 Å². The molecule has 0 saturated heterocycles. The standard InChI is InChI=1S/C10H10F3NO2/c11-10(12,13)8-2-1-3-9-7(8)4-6(16-9)5-15-14/h1-3,6H,4-5,14H2. The van der Waals surface area contributed by atoms with E-state index >= 15 is 0 Å². The summed E-state index contributed by atoms with van der Waals surface area (Å²) in [4.78, 5) is 4.38. The Morgan fingerprint density at radius 2 is 2.19 bits per heavy atom. The van der Waals surface area contributed by atoms with Gasteiger partial charge in [-0.1, -0.05) is 6.07 Å². The molecule has 0 radical (unpaired) electrons. The SMILES string of the molecule is NOCC1Cc2c(cccc2C(F)(F)F)O1. The van der Waals surface area contributed by atoms with Crippen molar-refractivity contribution in [1.82, 2.24) is 0 Å². The minimum Gasteiger partial charge on any atom is -0.487 e. The molecule has 0 aromatic heterocycles. The van der Waals surface area contributed by atoms with E-state index in [-0.39, 0.29) is 24.3 Å². The first-order valence-electron chi connectivity index (χ1n) is 4.70. The first-order chi connectivity index (χ1) is 7.52. The van der Waals surface area contributed by atoms with E-state index in [0.29, 0.717) is 0 Å². The second kappa shape index (κ2) is 3.95. The van der Waals surface area contributed by atoms with E-state index in [1.54, 1.807) is 0 Å². The van der Waals surface area contributed by atoms with Gasteiger partial charge in [-0.05, 0) is 12.1 Å². The van der Waals surface area contributed by atoms with Crippen molar-refractivity contribution < 1.29 is 22.7 Å². The highest BCUT2D eigenvalue weighted by Crippen LogP contribution is 2.39. The van der Waals surface area contributed by atoms with Crippen LogP contribution in [0.25, 0.3) is 0 Å². The average Bonchev–Trinajstić information content (AvgIpc) is 2.58. The van der Waals surface area contributed by atoms with Crippen LogP contribution in [0.2, 0.25) is 0 Å². The van der Waals surface area contributed by atoms with Crippen molar-refractivity contribution in [3.8, 4) is 5.75 Å². The minimum atomic E-state index is -4.35. The fourth-order valence-electron chi connectivity index (χ4n) is 1.80. The Bertz CT molecular complexity index is 392. The van der Waals surface area contributed by atoms with Crippen LogP contribution in [0.5, 0.6) is 5.75 Å². The molecule has 1 heterocycles. The Morgan fingerprint density at radius 3 is 2.81 bits per heavy atom. The number of nitrogens with two attached hydrogens (primary N) is 1. The van der Waals surface area contributed by atoms with Crippen molar-refractivity contribution in [3.63, 3.8) is 0 Å². The summed E-state index contributed by atoms with van der Waals surface area (Å²) in [6, 6.07) is 3.89. The first-order valence-corrected chi connectivity index (χ1v) is 4.70. The predicted molar refractivity (Wildman–Crippen MR) is 49.7 cm³/mol. The predicted octanol–water partition coefficient (Wildman–Crippen LogP) is 1.90. The summed E-state index contributed by atoms with van der Waals surface area (Å²) in [5.41, 5.74) is -0.471. The first kappa shape index (κ1) is 11.2. The van der Waals surface area contributed by atoms with Gasteiger partial charge in [0.25, 0.3) is 0 Å². The number of hydrogen-bond donors (Lipinski definition) is 1. The highest BCUT2D eigenvalue weighted by Gasteiger charge is 2.37. The number of ether oxygens (including phenoxy) is 1. The molecule has 1 aromatic carbocycles. The Hall–Kier alpha value is -1.27. The van der Waals surface area contributed by atoms with Gasteiger partial charge in [0.2, 0.25) is 0 Å². The van der Waals surface area contributed by atoms with E-state index < -0.39 is 17.8 Å². The third-order valence-corrected chi connectivity index (χ3v) is 2.45. The van der Waals surface area contributed by atoms with Gasteiger partial charge >= 0.3 is 6.18 Å². The van der Waals surface area contributed by atoms with Crippen LogP contribution in [-0.4, -0.2) is 12.7 Å². The number of benzene rings is 1. The minimum absolute atomic E-state index is 0.0754. The number of fused-ring (bicyclic) bond motifs is 1. The van der Waals surface area contributed by atoms with Crippen molar-refractivity contribution in [2.24, 2.45) is 5.90 Å². The molecule has 1 aliphatic rings. The Balaban J connectivity index is 2.31. The van der Waals surface area contributed by atoms with Crippen LogP contribution in [0.3, 0.4) is 0 Å². The molecule has 0 aliphatic carbocycles. The lowest BCUT2D eigenvalue weighted by Crippen LogP contribution is -2.22. The molecule has 2 N–H and O–H groups in total. The molecule has 16 heavy (non-hydrogen) atoms. The number of rotatable bonds is 2. The Morgan fingerprint density at radius 1 is 1.44 bits per heavy atom. The van der Waals surface area contributed by atoms with E-state index in [0.717, 1.165) is 6.07 Å². The van der Waals surface area contributed by atoms with Gasteiger partial charge in [-0.3, -0.25) is 0 Å². The summed E-state index contributed by atoms with van der Waals surface area (Å²) in [6.07, 6.45) is -4.63. The van der Waals surface area contributed by atoms with E-state index in [9.17, 15) is 13.2 Å². The molecule has 1 aromatic rings. The van der Waals surface area contributed by atoms with Crippen LogP contribution in [-0.2, 0) is 17.4 Å². The van der Waals surface area contributed by atoms with Gasteiger partial charge in [0.1, 0.15) is 18.5 Å². The lowest BCUT2D eigenvalue weighted by Gasteiger charge is -2.09. The summed E-state index contributed by atoms with van der Waals surface area (Å²) < 4.78 is 43.2. The van der Waals surface area contributed by atoms with Gasteiger partial charge in [-0.25, -0.2) is 5.90 Å². The van der Waals surface area contributed by atoms with Crippen molar-refractivity contribution in [2.75, 3.05) is 6.61 Å². The largest absolute Gasteiger partial charge is 0.487 e. The smallest absolute Gasteiger partial charge is 0.416 e. The van der Waals surface area contributed by atoms with Crippen LogP contribution in [0.15, 0.2) is 18.2 Å². The summed E-state index contributed by atoms with van der Waals surface area (Å²) in [5, 5.41) is 0. The van der Waals surface area contributed by atoms with Crippen LogP contribution in [0.4, 0.5) is 13.2 Å². The summed E-state index contributed by atoms with van der Waals surface area (Å²) in [6.45, 7) is 0.0754. The third kappa shape index (κ3) is 1.98. The molecular formula is C10H10F3NO2. The van der Waals surface area contributed by atoms with Gasteiger partial charge in [0.15, 0.2) is 0 Å². The number of halogens is 3. The van der Waals surface area contributed by atoms with Gasteiger partial charge in [0, 0.05) is 12.0 Å². The quantitative estimate of drug-likeness (QED) is 0.793. The van der Waals surface area contributed by atoms with Crippen molar-refractivity contribution in [2.45, 2.75) is 18.7 Å². The van der Waals surface area contributed by atoms with Crippen LogP contribution in [0.1, 0.15) is 11.1 Å². The second-order valence-corrected chi connectivity index (χ2v) is 3.56. The normalized spacial score (nSPS) is 19.4. The third-order valence-electron chi connectivity index (χ3n) is 2.45. The zero-order valence-electron chi connectivity index (χ0n) is 8.25. The topological polar surface area (TPSA) is 44.5 Å². The zero-order valence-corrected chi connectivity index (χ0v) is 8.25. The maximum Gasteiger partial charge on any atom is 0.416 e. The summed E-state index contributed by atoms with van der Waals surface area (Å²) in [7, 11) is 0. The molecule has 0 bridgehead atoms. The van der Waals surface area contributed by atoms with Gasteiger partial charge in [-0.2, -0.15) is 13.2 Å². The fraction of sp³-hybridized carbons (Fsp3) is 0.400. The van der Waals surface area contributed by atoms with E-state index in [1.165, 1.54) is 12.1 Å². The summed E-state index contributed by atoms with van der Waals surface area (Å²) >= 11 is 0. The molecule has 1 unspecified atom stereocenters. The summed E-state index contributed by atoms with van der Waals surface area (Å²) in [5.74, 6) is 5.13.